The molecular weight excluding hydrogens is 178 g/mol. The summed E-state index contributed by atoms with van der Waals surface area (Å²) in [6.07, 6.45) is 6.84. The molecule has 2 unspecified atom stereocenters. The Bertz CT molecular complexity index is 213. The highest BCUT2D eigenvalue weighted by atomic mass is 16.3. The van der Waals surface area contributed by atoms with Crippen molar-refractivity contribution >= 4 is 5.91 Å². The van der Waals surface area contributed by atoms with Crippen LogP contribution in [-0.4, -0.2) is 23.2 Å². The van der Waals surface area contributed by atoms with Crippen molar-refractivity contribution in [2.45, 2.75) is 57.1 Å². The molecule has 2 rings (SSSR count). The van der Waals surface area contributed by atoms with E-state index in [0.29, 0.717) is 0 Å². The molecule has 80 valence electrons. The molecule has 0 bridgehead atoms. The molecular formula is C11H19NO2. The van der Waals surface area contributed by atoms with Crippen molar-refractivity contribution in [1.82, 2.24) is 5.32 Å². The van der Waals surface area contributed by atoms with E-state index < -0.39 is 0 Å². The topological polar surface area (TPSA) is 49.3 Å². The molecule has 2 atom stereocenters. The highest BCUT2D eigenvalue weighted by Crippen LogP contribution is 2.27. The number of carbonyl (C=O) groups is 1. The Balaban J connectivity index is 1.75. The first-order chi connectivity index (χ1) is 6.75. The monoisotopic (exact) mass is 197 g/mol. The first kappa shape index (κ1) is 9.97. The fraction of sp³-hybridized carbons (Fsp3) is 0.909. The van der Waals surface area contributed by atoms with Crippen LogP contribution in [-0.2, 0) is 4.79 Å². The van der Waals surface area contributed by atoms with E-state index in [4.69, 9.17) is 0 Å². The molecule has 3 nitrogen and oxygen atoms in total. The predicted octanol–water partition coefficient (Wildman–Crippen LogP) is 1.21. The van der Waals surface area contributed by atoms with E-state index in [2.05, 4.69) is 5.32 Å². The number of hydrogen-bond donors (Lipinski definition) is 2. The van der Waals surface area contributed by atoms with E-state index in [1.54, 1.807) is 0 Å². The van der Waals surface area contributed by atoms with Crippen molar-refractivity contribution in [3.05, 3.63) is 0 Å². The summed E-state index contributed by atoms with van der Waals surface area (Å²) >= 11 is 0. The fourth-order valence-electron chi connectivity index (χ4n) is 2.28. The molecule has 0 radical (unpaired) electrons. The zero-order valence-corrected chi connectivity index (χ0v) is 8.54. The average Bonchev–Trinajstić information content (AvgIpc) is 1.99. The van der Waals surface area contributed by atoms with Gasteiger partial charge in [0.2, 0.25) is 5.91 Å². The Morgan fingerprint density at radius 3 is 2.43 bits per heavy atom. The van der Waals surface area contributed by atoms with Gasteiger partial charge >= 0.3 is 0 Å². The number of nitrogens with one attached hydrogen (secondary N) is 1. The van der Waals surface area contributed by atoms with Gasteiger partial charge in [-0.2, -0.15) is 0 Å². The summed E-state index contributed by atoms with van der Waals surface area (Å²) in [5.74, 6) is 0.490. The van der Waals surface area contributed by atoms with Gasteiger partial charge in [0.25, 0.3) is 0 Å². The minimum absolute atomic E-state index is 0.199. The van der Waals surface area contributed by atoms with Gasteiger partial charge in [-0.3, -0.25) is 4.79 Å². The molecule has 0 spiro atoms. The number of rotatable bonds is 2. The van der Waals surface area contributed by atoms with E-state index in [0.717, 1.165) is 38.5 Å². The summed E-state index contributed by atoms with van der Waals surface area (Å²) in [6, 6.07) is 0.229. The minimum atomic E-state index is -0.199. The van der Waals surface area contributed by atoms with Crippen LogP contribution in [0.5, 0.6) is 0 Å². The van der Waals surface area contributed by atoms with Gasteiger partial charge < -0.3 is 10.4 Å². The van der Waals surface area contributed by atoms with E-state index in [9.17, 15) is 9.90 Å². The van der Waals surface area contributed by atoms with Crippen LogP contribution in [0, 0.1) is 5.92 Å². The van der Waals surface area contributed by atoms with Crippen LogP contribution in [0.3, 0.4) is 0 Å². The molecule has 0 aliphatic heterocycles. The van der Waals surface area contributed by atoms with Crippen molar-refractivity contribution in [2.75, 3.05) is 0 Å². The van der Waals surface area contributed by atoms with Crippen molar-refractivity contribution in [3.63, 3.8) is 0 Å². The summed E-state index contributed by atoms with van der Waals surface area (Å²) in [5.41, 5.74) is 0. The SMILES string of the molecule is O=C(NC1CCCC(O)C1)C1CCC1. The molecule has 2 aliphatic carbocycles. The van der Waals surface area contributed by atoms with E-state index in [1.807, 2.05) is 0 Å². The van der Waals surface area contributed by atoms with Gasteiger partial charge in [-0.15, -0.1) is 0 Å². The third kappa shape index (κ3) is 2.27. The Labute approximate surface area is 84.9 Å². The van der Waals surface area contributed by atoms with Gasteiger partial charge in [0, 0.05) is 12.0 Å². The predicted molar refractivity (Wildman–Crippen MR) is 53.7 cm³/mol. The lowest BCUT2D eigenvalue weighted by Gasteiger charge is -2.30. The average molecular weight is 197 g/mol. The summed E-state index contributed by atoms with van der Waals surface area (Å²) in [4.78, 5) is 11.6. The van der Waals surface area contributed by atoms with Gasteiger partial charge in [0.05, 0.1) is 6.10 Å². The molecule has 14 heavy (non-hydrogen) atoms. The highest BCUT2D eigenvalue weighted by molar-refractivity contribution is 5.79. The van der Waals surface area contributed by atoms with E-state index in [-0.39, 0.29) is 24.0 Å². The van der Waals surface area contributed by atoms with Crippen molar-refractivity contribution in [1.29, 1.82) is 0 Å². The quantitative estimate of drug-likeness (QED) is 0.699. The second-order valence-electron chi connectivity index (χ2n) is 4.65. The van der Waals surface area contributed by atoms with Crippen LogP contribution in [0.4, 0.5) is 0 Å². The second-order valence-corrected chi connectivity index (χ2v) is 4.65. The minimum Gasteiger partial charge on any atom is -0.393 e. The zero-order chi connectivity index (χ0) is 9.97. The summed E-state index contributed by atoms with van der Waals surface area (Å²) in [5, 5.41) is 12.5. The standard InChI is InChI=1S/C11H19NO2/c13-10-6-2-5-9(7-10)12-11(14)8-3-1-4-8/h8-10,13H,1-7H2,(H,12,14). The summed E-state index contributed by atoms with van der Waals surface area (Å²) in [6.45, 7) is 0. The number of amides is 1. The van der Waals surface area contributed by atoms with Gasteiger partial charge in [0.1, 0.15) is 0 Å². The maximum atomic E-state index is 11.6. The number of hydrogen-bond acceptors (Lipinski definition) is 2. The van der Waals surface area contributed by atoms with Crippen molar-refractivity contribution < 1.29 is 9.90 Å². The van der Waals surface area contributed by atoms with Crippen LogP contribution in [0.1, 0.15) is 44.9 Å². The summed E-state index contributed by atoms with van der Waals surface area (Å²) < 4.78 is 0. The third-order valence-corrected chi connectivity index (χ3v) is 3.47. The molecule has 0 aromatic carbocycles. The smallest absolute Gasteiger partial charge is 0.223 e. The molecule has 2 aliphatic rings. The molecule has 0 heterocycles. The Hall–Kier alpha value is -0.570. The Morgan fingerprint density at radius 2 is 1.86 bits per heavy atom. The van der Waals surface area contributed by atoms with Gasteiger partial charge in [0.15, 0.2) is 0 Å². The number of aliphatic hydroxyl groups excluding tert-OH is 1. The highest BCUT2D eigenvalue weighted by Gasteiger charge is 2.28. The van der Waals surface area contributed by atoms with E-state index in [1.165, 1.54) is 6.42 Å². The fourth-order valence-corrected chi connectivity index (χ4v) is 2.28. The van der Waals surface area contributed by atoms with Crippen LogP contribution in [0.25, 0.3) is 0 Å². The van der Waals surface area contributed by atoms with Gasteiger partial charge in [-0.25, -0.2) is 0 Å². The maximum Gasteiger partial charge on any atom is 0.223 e. The normalized spacial score (nSPS) is 33.5. The second kappa shape index (κ2) is 4.30. The molecule has 2 saturated carbocycles. The molecule has 3 heteroatoms. The van der Waals surface area contributed by atoms with Gasteiger partial charge in [-0.1, -0.05) is 6.42 Å². The maximum absolute atomic E-state index is 11.6. The lowest BCUT2D eigenvalue weighted by Crippen LogP contribution is -2.44. The van der Waals surface area contributed by atoms with Crippen molar-refractivity contribution in [3.8, 4) is 0 Å². The summed E-state index contributed by atoms with van der Waals surface area (Å²) in [7, 11) is 0. The lowest BCUT2D eigenvalue weighted by atomic mass is 9.84. The lowest BCUT2D eigenvalue weighted by molar-refractivity contribution is -0.128. The third-order valence-electron chi connectivity index (χ3n) is 3.47. The van der Waals surface area contributed by atoms with Crippen LogP contribution in [0.2, 0.25) is 0 Å². The first-order valence-corrected chi connectivity index (χ1v) is 5.74. The van der Waals surface area contributed by atoms with Crippen LogP contribution >= 0.6 is 0 Å². The molecule has 1 amide bonds. The zero-order valence-electron chi connectivity index (χ0n) is 8.54. The number of aliphatic hydroxyl groups is 1. The van der Waals surface area contributed by atoms with Crippen molar-refractivity contribution in [2.24, 2.45) is 5.92 Å². The molecule has 2 N–H and O–H groups in total. The van der Waals surface area contributed by atoms with Gasteiger partial charge in [-0.05, 0) is 38.5 Å². The Morgan fingerprint density at radius 1 is 1.14 bits per heavy atom. The molecule has 0 saturated heterocycles. The molecule has 2 fully saturated rings. The molecule has 0 aromatic heterocycles. The first-order valence-electron chi connectivity index (χ1n) is 5.74. The van der Waals surface area contributed by atoms with Crippen LogP contribution < -0.4 is 5.32 Å². The largest absolute Gasteiger partial charge is 0.393 e. The Kier molecular flexibility index (Phi) is 3.06. The van der Waals surface area contributed by atoms with Crippen LogP contribution in [0.15, 0.2) is 0 Å². The van der Waals surface area contributed by atoms with E-state index >= 15 is 0 Å². The number of carbonyl (C=O) groups excluding carboxylic acids is 1. The molecule has 0 aromatic rings.